The Labute approximate surface area is 104 Å². The number of carbonyl (C=O) groups is 1. The molecule has 0 aliphatic carbocycles. The lowest BCUT2D eigenvalue weighted by Crippen LogP contribution is -2.19. The molecule has 0 aliphatic rings. The van der Waals surface area contributed by atoms with E-state index in [0.29, 0.717) is 17.4 Å². The quantitative estimate of drug-likeness (QED) is 0.523. The zero-order chi connectivity index (χ0) is 12.8. The predicted molar refractivity (Wildman–Crippen MR) is 68.9 cm³/mol. The Kier molecular flexibility index (Phi) is 4.65. The third kappa shape index (κ3) is 4.64. The summed E-state index contributed by atoms with van der Waals surface area (Å²) >= 11 is 4.89. The molecule has 92 valence electrons. The van der Waals surface area contributed by atoms with E-state index in [1.165, 1.54) is 0 Å². The summed E-state index contributed by atoms with van der Waals surface area (Å²) in [7, 11) is 0. The Morgan fingerprint density at radius 3 is 2.82 bits per heavy atom. The SMILES string of the molecule is Cc1cc(C(N)=S)cc(NCCOC(N)=O)n1. The standard InChI is InChI=1S/C10H14N4O2S/c1-6-4-7(9(11)17)5-8(14-6)13-2-3-16-10(12)15/h4-5H,2-3H2,1H3,(H2,11,17)(H2,12,15)(H,13,14). The molecule has 6 nitrogen and oxygen atoms in total. The van der Waals surface area contributed by atoms with Gasteiger partial charge in [-0.3, -0.25) is 0 Å². The van der Waals surface area contributed by atoms with E-state index >= 15 is 0 Å². The molecular formula is C10H14N4O2S. The first-order valence-corrected chi connectivity index (χ1v) is 5.34. The Morgan fingerprint density at radius 1 is 1.53 bits per heavy atom. The Bertz CT molecular complexity index is 436. The van der Waals surface area contributed by atoms with Crippen LogP contribution in [0.25, 0.3) is 0 Å². The van der Waals surface area contributed by atoms with Crippen molar-refractivity contribution < 1.29 is 9.53 Å². The van der Waals surface area contributed by atoms with Crippen molar-refractivity contribution in [2.24, 2.45) is 11.5 Å². The number of ether oxygens (including phenoxy) is 1. The second-order valence-corrected chi connectivity index (χ2v) is 3.78. The van der Waals surface area contributed by atoms with Crippen LogP contribution in [0.15, 0.2) is 12.1 Å². The number of aryl methyl sites for hydroxylation is 1. The first kappa shape index (κ1) is 13.2. The van der Waals surface area contributed by atoms with Gasteiger partial charge in [0.2, 0.25) is 0 Å². The number of hydrogen-bond donors (Lipinski definition) is 3. The fraction of sp³-hybridized carbons (Fsp3) is 0.300. The minimum atomic E-state index is -0.798. The number of nitrogens with zero attached hydrogens (tertiary/aromatic N) is 1. The highest BCUT2D eigenvalue weighted by atomic mass is 32.1. The van der Waals surface area contributed by atoms with Crippen molar-refractivity contribution >= 4 is 29.1 Å². The van der Waals surface area contributed by atoms with E-state index in [4.69, 9.17) is 23.7 Å². The maximum Gasteiger partial charge on any atom is 0.404 e. The van der Waals surface area contributed by atoms with E-state index in [2.05, 4.69) is 15.0 Å². The summed E-state index contributed by atoms with van der Waals surface area (Å²) in [6.07, 6.45) is -0.798. The van der Waals surface area contributed by atoms with Crippen molar-refractivity contribution in [3.8, 4) is 0 Å². The molecule has 0 fully saturated rings. The highest BCUT2D eigenvalue weighted by Crippen LogP contribution is 2.09. The minimum Gasteiger partial charge on any atom is -0.448 e. The molecular weight excluding hydrogens is 240 g/mol. The van der Waals surface area contributed by atoms with Gasteiger partial charge in [-0.15, -0.1) is 0 Å². The van der Waals surface area contributed by atoms with Crippen LogP contribution in [0.1, 0.15) is 11.3 Å². The molecule has 0 spiro atoms. The summed E-state index contributed by atoms with van der Waals surface area (Å²) in [6.45, 7) is 2.43. The fourth-order valence-corrected chi connectivity index (χ4v) is 1.35. The molecule has 17 heavy (non-hydrogen) atoms. The third-order valence-corrected chi connectivity index (χ3v) is 2.13. The number of primary amides is 1. The molecule has 0 atom stereocenters. The zero-order valence-corrected chi connectivity index (χ0v) is 10.2. The van der Waals surface area contributed by atoms with Crippen LogP contribution in [-0.4, -0.2) is 29.2 Å². The molecule has 1 heterocycles. The van der Waals surface area contributed by atoms with Crippen molar-refractivity contribution in [2.45, 2.75) is 6.92 Å². The average molecular weight is 254 g/mol. The lowest BCUT2D eigenvalue weighted by atomic mass is 10.2. The molecule has 0 unspecified atom stereocenters. The third-order valence-electron chi connectivity index (χ3n) is 1.89. The first-order valence-electron chi connectivity index (χ1n) is 4.93. The van der Waals surface area contributed by atoms with Crippen LogP contribution >= 0.6 is 12.2 Å². The molecule has 1 amide bonds. The Balaban J connectivity index is 2.59. The van der Waals surface area contributed by atoms with Gasteiger partial charge in [0.1, 0.15) is 17.4 Å². The Morgan fingerprint density at radius 2 is 2.24 bits per heavy atom. The molecule has 0 bridgehead atoms. The van der Waals surface area contributed by atoms with E-state index in [9.17, 15) is 4.79 Å². The smallest absolute Gasteiger partial charge is 0.404 e. The zero-order valence-electron chi connectivity index (χ0n) is 9.40. The average Bonchev–Trinajstić information content (AvgIpc) is 2.23. The van der Waals surface area contributed by atoms with Crippen LogP contribution in [0, 0.1) is 6.92 Å². The number of amides is 1. The van der Waals surface area contributed by atoms with Gasteiger partial charge in [0.15, 0.2) is 0 Å². The lowest BCUT2D eigenvalue weighted by molar-refractivity contribution is 0.161. The molecule has 1 rings (SSSR count). The van der Waals surface area contributed by atoms with E-state index in [1.807, 2.05) is 6.92 Å². The molecule has 1 aromatic heterocycles. The van der Waals surface area contributed by atoms with E-state index in [0.717, 1.165) is 11.3 Å². The topological polar surface area (TPSA) is 103 Å². The van der Waals surface area contributed by atoms with Crippen molar-refractivity contribution in [3.63, 3.8) is 0 Å². The van der Waals surface area contributed by atoms with Crippen molar-refractivity contribution in [1.29, 1.82) is 0 Å². The normalized spacial score (nSPS) is 9.71. The van der Waals surface area contributed by atoms with Gasteiger partial charge in [0.05, 0.1) is 6.54 Å². The number of hydrogen-bond acceptors (Lipinski definition) is 5. The number of nitrogens with two attached hydrogens (primary N) is 2. The monoisotopic (exact) mass is 254 g/mol. The van der Waals surface area contributed by atoms with E-state index in [-0.39, 0.29) is 6.61 Å². The summed E-state index contributed by atoms with van der Waals surface area (Å²) in [5.74, 6) is 0.626. The largest absolute Gasteiger partial charge is 0.448 e. The van der Waals surface area contributed by atoms with Gasteiger partial charge in [0, 0.05) is 11.3 Å². The molecule has 0 aromatic carbocycles. The van der Waals surface area contributed by atoms with Gasteiger partial charge >= 0.3 is 6.09 Å². The summed E-state index contributed by atoms with van der Waals surface area (Å²) in [6, 6.07) is 3.53. The van der Waals surface area contributed by atoms with Crippen molar-refractivity contribution in [2.75, 3.05) is 18.5 Å². The van der Waals surface area contributed by atoms with Gasteiger partial charge in [-0.1, -0.05) is 12.2 Å². The maximum atomic E-state index is 10.3. The van der Waals surface area contributed by atoms with Crippen LogP contribution < -0.4 is 16.8 Å². The number of carbonyl (C=O) groups excluding carboxylic acids is 1. The highest BCUT2D eigenvalue weighted by Gasteiger charge is 2.02. The summed E-state index contributed by atoms with van der Waals surface area (Å²) in [5, 5.41) is 2.98. The van der Waals surface area contributed by atoms with Crippen LogP contribution in [0.2, 0.25) is 0 Å². The lowest BCUT2D eigenvalue weighted by Gasteiger charge is -2.08. The molecule has 7 heteroatoms. The van der Waals surface area contributed by atoms with Gasteiger partial charge in [0.25, 0.3) is 0 Å². The van der Waals surface area contributed by atoms with Gasteiger partial charge < -0.3 is 21.5 Å². The molecule has 0 saturated carbocycles. The Hall–Kier alpha value is -1.89. The summed E-state index contributed by atoms with van der Waals surface area (Å²) in [5.41, 5.74) is 11.9. The van der Waals surface area contributed by atoms with Crippen molar-refractivity contribution in [1.82, 2.24) is 4.98 Å². The summed E-state index contributed by atoms with van der Waals surface area (Å²) in [4.78, 5) is 14.9. The van der Waals surface area contributed by atoms with E-state index < -0.39 is 6.09 Å². The molecule has 0 radical (unpaired) electrons. The van der Waals surface area contributed by atoms with Crippen LogP contribution in [-0.2, 0) is 4.74 Å². The number of thiocarbonyl (C=S) groups is 1. The highest BCUT2D eigenvalue weighted by molar-refractivity contribution is 7.80. The number of nitrogens with one attached hydrogen (secondary N) is 1. The van der Waals surface area contributed by atoms with Crippen LogP contribution in [0.5, 0.6) is 0 Å². The maximum absolute atomic E-state index is 10.3. The van der Waals surface area contributed by atoms with Crippen LogP contribution in [0.4, 0.5) is 10.6 Å². The molecule has 5 N–H and O–H groups in total. The number of pyridine rings is 1. The second kappa shape index (κ2) is 6.00. The molecule has 1 aromatic rings. The first-order chi connectivity index (χ1) is 7.99. The molecule has 0 saturated heterocycles. The number of anilines is 1. The fourth-order valence-electron chi connectivity index (χ4n) is 1.23. The van der Waals surface area contributed by atoms with Gasteiger partial charge in [-0.05, 0) is 19.1 Å². The minimum absolute atomic E-state index is 0.174. The van der Waals surface area contributed by atoms with Crippen molar-refractivity contribution in [3.05, 3.63) is 23.4 Å². The van der Waals surface area contributed by atoms with Gasteiger partial charge in [-0.25, -0.2) is 9.78 Å². The molecule has 0 aliphatic heterocycles. The van der Waals surface area contributed by atoms with Gasteiger partial charge in [-0.2, -0.15) is 0 Å². The number of rotatable bonds is 5. The summed E-state index contributed by atoms with van der Waals surface area (Å²) < 4.78 is 4.57. The van der Waals surface area contributed by atoms with Crippen LogP contribution in [0.3, 0.4) is 0 Å². The van der Waals surface area contributed by atoms with E-state index in [1.54, 1.807) is 12.1 Å². The second-order valence-electron chi connectivity index (χ2n) is 3.34. The number of aromatic nitrogens is 1. The predicted octanol–water partition coefficient (Wildman–Crippen LogP) is 0.531.